The van der Waals surface area contributed by atoms with Gasteiger partial charge in [0.2, 0.25) is 0 Å². The molecule has 0 aliphatic rings. The second-order valence-electron chi connectivity index (χ2n) is 4.18. The quantitative estimate of drug-likeness (QED) is 0.569. The molecule has 1 N–H and O–H groups in total. The molecule has 0 atom stereocenters. The highest BCUT2D eigenvalue weighted by Crippen LogP contribution is 2.27. The number of nitrogens with zero attached hydrogens (tertiary/aromatic N) is 1. The van der Waals surface area contributed by atoms with Gasteiger partial charge in [-0.1, -0.05) is 44.0 Å². The maximum atomic E-state index is 5.19. The standard InChI is InChI=1S/C13H20N2S2/c1-4-10-11(13(17)12(10)16)14-8-6-7-9-15(3)5-2/h4,14H,1,5-9H2,2-3H3. The monoisotopic (exact) mass is 268 g/mol. The summed E-state index contributed by atoms with van der Waals surface area (Å²) in [7, 11) is 2.14. The summed E-state index contributed by atoms with van der Waals surface area (Å²) in [5, 5.41) is 3.35. The molecular weight excluding hydrogens is 248 g/mol. The van der Waals surface area contributed by atoms with Crippen molar-refractivity contribution in [2.75, 3.05) is 32.0 Å². The molecule has 94 valence electrons. The zero-order chi connectivity index (χ0) is 12.8. The summed E-state index contributed by atoms with van der Waals surface area (Å²) in [4.78, 5) is 2.32. The maximum absolute atomic E-state index is 5.19. The third-order valence-electron chi connectivity index (χ3n) is 2.96. The molecule has 1 aromatic carbocycles. The zero-order valence-electron chi connectivity index (χ0n) is 10.6. The number of unbranched alkanes of at least 4 members (excludes halogenated alkanes) is 1. The molecule has 17 heavy (non-hydrogen) atoms. The highest BCUT2D eigenvalue weighted by Gasteiger charge is 2.10. The Morgan fingerprint density at radius 2 is 2.00 bits per heavy atom. The minimum atomic E-state index is 0.781. The molecule has 0 fully saturated rings. The van der Waals surface area contributed by atoms with Crippen LogP contribution in [0, 0.1) is 9.02 Å². The molecule has 0 saturated carbocycles. The second-order valence-corrected chi connectivity index (χ2v) is 5.00. The molecule has 0 spiro atoms. The molecule has 0 aliphatic heterocycles. The van der Waals surface area contributed by atoms with Crippen LogP contribution in [-0.2, 0) is 0 Å². The van der Waals surface area contributed by atoms with Gasteiger partial charge in [-0.25, -0.2) is 0 Å². The number of hydrogen-bond donors (Lipinski definition) is 1. The summed E-state index contributed by atoms with van der Waals surface area (Å²) < 4.78 is 1.57. The Bertz CT molecular complexity index is 444. The normalized spacial score (nSPS) is 11.0. The van der Waals surface area contributed by atoms with Crippen molar-refractivity contribution in [1.82, 2.24) is 4.90 Å². The predicted molar refractivity (Wildman–Crippen MR) is 81.5 cm³/mol. The van der Waals surface area contributed by atoms with Crippen LogP contribution >= 0.6 is 24.4 Å². The third kappa shape index (κ3) is 3.69. The van der Waals surface area contributed by atoms with Gasteiger partial charge in [0.05, 0.1) is 14.7 Å². The fourth-order valence-electron chi connectivity index (χ4n) is 1.66. The lowest BCUT2D eigenvalue weighted by molar-refractivity contribution is 0.345. The first-order chi connectivity index (χ1) is 8.11. The van der Waals surface area contributed by atoms with Crippen molar-refractivity contribution in [1.29, 1.82) is 0 Å². The van der Waals surface area contributed by atoms with Crippen molar-refractivity contribution in [3.8, 4) is 0 Å². The number of rotatable bonds is 8. The first-order valence-electron chi connectivity index (χ1n) is 6.00. The Hall–Kier alpha value is -0.580. The van der Waals surface area contributed by atoms with E-state index in [0.29, 0.717) is 0 Å². The maximum Gasteiger partial charge on any atom is 0.0802 e. The van der Waals surface area contributed by atoms with Gasteiger partial charge in [-0.3, -0.25) is 0 Å². The van der Waals surface area contributed by atoms with Crippen LogP contribution in [0.2, 0.25) is 0 Å². The molecule has 0 aliphatic carbocycles. The molecule has 0 aromatic heterocycles. The van der Waals surface area contributed by atoms with Gasteiger partial charge in [-0.15, -0.1) is 0 Å². The fraction of sp³-hybridized carbons (Fsp3) is 0.538. The largest absolute Gasteiger partial charge is 0.383 e. The SMILES string of the molecule is C=Cc1c(NCCCCN(C)CC)c(=S)c1=S. The van der Waals surface area contributed by atoms with Gasteiger partial charge >= 0.3 is 0 Å². The summed E-state index contributed by atoms with van der Waals surface area (Å²) in [6.07, 6.45) is 4.13. The Morgan fingerprint density at radius 1 is 1.29 bits per heavy atom. The van der Waals surface area contributed by atoms with Crippen molar-refractivity contribution in [3.05, 3.63) is 21.2 Å². The van der Waals surface area contributed by atoms with Crippen molar-refractivity contribution in [2.45, 2.75) is 19.8 Å². The minimum absolute atomic E-state index is 0.781. The van der Waals surface area contributed by atoms with E-state index in [4.69, 9.17) is 24.4 Å². The molecule has 4 heteroatoms. The van der Waals surface area contributed by atoms with E-state index < -0.39 is 0 Å². The van der Waals surface area contributed by atoms with Crippen molar-refractivity contribution in [3.63, 3.8) is 0 Å². The van der Waals surface area contributed by atoms with E-state index in [9.17, 15) is 0 Å². The van der Waals surface area contributed by atoms with Gasteiger partial charge in [-0.05, 0) is 33.0 Å². The van der Waals surface area contributed by atoms with Gasteiger partial charge in [-0.2, -0.15) is 0 Å². The molecule has 1 rings (SSSR count). The van der Waals surface area contributed by atoms with Crippen LogP contribution in [0.4, 0.5) is 5.69 Å². The van der Waals surface area contributed by atoms with Crippen LogP contribution in [0.1, 0.15) is 25.3 Å². The Labute approximate surface area is 114 Å². The Morgan fingerprint density at radius 3 is 2.59 bits per heavy atom. The molecule has 0 bridgehead atoms. The molecular formula is C13H20N2S2. The molecule has 1 aromatic rings. The zero-order valence-corrected chi connectivity index (χ0v) is 12.2. The van der Waals surface area contributed by atoms with Gasteiger partial charge in [0.25, 0.3) is 0 Å². The van der Waals surface area contributed by atoms with Crippen LogP contribution in [0.15, 0.2) is 6.58 Å². The van der Waals surface area contributed by atoms with Gasteiger partial charge in [0.1, 0.15) is 0 Å². The van der Waals surface area contributed by atoms with E-state index in [1.165, 1.54) is 6.42 Å². The van der Waals surface area contributed by atoms with E-state index >= 15 is 0 Å². The van der Waals surface area contributed by atoms with Crippen LogP contribution in [0.3, 0.4) is 0 Å². The smallest absolute Gasteiger partial charge is 0.0802 e. The summed E-state index contributed by atoms with van der Waals surface area (Å²) in [5.74, 6) is 0. The summed E-state index contributed by atoms with van der Waals surface area (Å²) in [6, 6.07) is 0. The molecule has 0 radical (unpaired) electrons. The molecule has 2 nitrogen and oxygen atoms in total. The Kier molecular flexibility index (Phi) is 5.95. The third-order valence-corrected chi connectivity index (χ3v) is 3.92. The minimum Gasteiger partial charge on any atom is -0.383 e. The van der Waals surface area contributed by atoms with Crippen LogP contribution in [-0.4, -0.2) is 31.6 Å². The number of hydrogen-bond acceptors (Lipinski definition) is 4. The van der Waals surface area contributed by atoms with Crippen molar-refractivity contribution in [2.24, 2.45) is 0 Å². The first-order valence-corrected chi connectivity index (χ1v) is 6.81. The second kappa shape index (κ2) is 6.99. The molecule has 0 amide bonds. The van der Waals surface area contributed by atoms with E-state index in [0.717, 1.165) is 46.3 Å². The highest BCUT2D eigenvalue weighted by molar-refractivity contribution is 7.74. The lowest BCUT2D eigenvalue weighted by Crippen LogP contribution is -2.19. The van der Waals surface area contributed by atoms with Gasteiger partial charge in [0, 0.05) is 12.1 Å². The summed E-state index contributed by atoms with van der Waals surface area (Å²) in [6.45, 7) is 9.13. The lowest BCUT2D eigenvalue weighted by Gasteiger charge is -2.15. The molecule has 0 unspecified atom stereocenters. The van der Waals surface area contributed by atoms with Crippen LogP contribution in [0.5, 0.6) is 0 Å². The summed E-state index contributed by atoms with van der Waals surface area (Å²) in [5.41, 5.74) is 2.03. The number of anilines is 1. The summed E-state index contributed by atoms with van der Waals surface area (Å²) >= 11 is 10.3. The average Bonchev–Trinajstić information content (AvgIpc) is 2.35. The highest BCUT2D eigenvalue weighted by atomic mass is 32.1. The van der Waals surface area contributed by atoms with Gasteiger partial charge in [0.15, 0.2) is 0 Å². The van der Waals surface area contributed by atoms with Crippen LogP contribution in [0.25, 0.3) is 6.08 Å². The van der Waals surface area contributed by atoms with E-state index in [1.54, 1.807) is 6.08 Å². The van der Waals surface area contributed by atoms with Crippen molar-refractivity contribution < 1.29 is 0 Å². The van der Waals surface area contributed by atoms with Gasteiger partial charge < -0.3 is 10.2 Å². The topological polar surface area (TPSA) is 15.3 Å². The first kappa shape index (κ1) is 14.5. The van der Waals surface area contributed by atoms with Crippen LogP contribution < -0.4 is 5.32 Å². The fourth-order valence-corrected chi connectivity index (χ4v) is 2.24. The van der Waals surface area contributed by atoms with E-state index in [1.807, 2.05) is 0 Å². The number of nitrogens with one attached hydrogen (secondary N) is 1. The lowest BCUT2D eigenvalue weighted by atomic mass is 10.1. The molecule has 0 saturated heterocycles. The van der Waals surface area contributed by atoms with Crippen molar-refractivity contribution >= 4 is 36.2 Å². The van der Waals surface area contributed by atoms with E-state index in [-0.39, 0.29) is 0 Å². The Balaban J connectivity index is 2.28. The van der Waals surface area contributed by atoms with E-state index in [2.05, 4.69) is 30.8 Å². The predicted octanol–water partition coefficient (Wildman–Crippen LogP) is 3.81. The average molecular weight is 268 g/mol. The molecule has 0 heterocycles.